The summed E-state index contributed by atoms with van der Waals surface area (Å²) in [6.07, 6.45) is 2.25. The molecule has 0 aliphatic heterocycles. The Hall–Kier alpha value is -1.92. The first-order chi connectivity index (χ1) is 6.15. The summed E-state index contributed by atoms with van der Waals surface area (Å²) in [5.41, 5.74) is -1.33. The van der Waals surface area contributed by atoms with Gasteiger partial charge in [-0.2, -0.15) is 5.10 Å². The van der Waals surface area contributed by atoms with Gasteiger partial charge < -0.3 is 5.21 Å². The van der Waals surface area contributed by atoms with Crippen LogP contribution in [0.4, 0.5) is 0 Å². The highest BCUT2D eigenvalue weighted by Gasteiger charge is 2.01. The van der Waals surface area contributed by atoms with Crippen LogP contribution in [0.15, 0.2) is 14.7 Å². The van der Waals surface area contributed by atoms with Crippen LogP contribution in [-0.4, -0.2) is 25.7 Å². The zero-order chi connectivity index (χ0) is 9.84. The Morgan fingerprint density at radius 2 is 2.46 bits per heavy atom. The van der Waals surface area contributed by atoms with Crippen LogP contribution in [0.1, 0.15) is 6.92 Å². The van der Waals surface area contributed by atoms with E-state index in [-0.39, 0.29) is 12.3 Å². The van der Waals surface area contributed by atoms with Crippen molar-refractivity contribution in [3.05, 3.63) is 27.0 Å². The molecule has 0 amide bonds. The number of aromatic amines is 1. The molecule has 0 saturated heterocycles. The molecule has 0 bridgehead atoms. The zero-order valence-corrected chi connectivity index (χ0v) is 6.81. The van der Waals surface area contributed by atoms with E-state index in [0.29, 0.717) is 0 Å². The predicted molar refractivity (Wildman–Crippen MR) is 42.8 cm³/mol. The molecule has 1 radical (unpaired) electrons. The maximum Gasteiger partial charge on any atom is 0.330 e. The minimum atomic E-state index is -0.829. The van der Waals surface area contributed by atoms with Crippen molar-refractivity contribution in [1.29, 1.82) is 0 Å². The molecule has 1 heterocycles. The molecule has 1 rings (SSSR count). The van der Waals surface area contributed by atoms with Gasteiger partial charge >= 0.3 is 11.1 Å². The molecule has 0 fully saturated rings. The Morgan fingerprint density at radius 3 is 3.08 bits per heavy atom. The molecule has 69 valence electrons. The lowest BCUT2D eigenvalue weighted by Crippen LogP contribution is -2.38. The number of aromatic nitrogens is 3. The molecule has 7 nitrogen and oxygen atoms in total. The molecule has 0 atom stereocenters. The first kappa shape index (κ1) is 9.17. The van der Waals surface area contributed by atoms with Crippen LogP contribution in [-0.2, 0) is 6.54 Å². The van der Waals surface area contributed by atoms with Gasteiger partial charge in [0.1, 0.15) is 0 Å². The van der Waals surface area contributed by atoms with Crippen molar-refractivity contribution in [2.24, 2.45) is 5.16 Å². The summed E-state index contributed by atoms with van der Waals surface area (Å²) in [7, 11) is 0. The Balaban J connectivity index is 3.10. The van der Waals surface area contributed by atoms with Crippen LogP contribution >= 0.6 is 0 Å². The van der Waals surface area contributed by atoms with Crippen molar-refractivity contribution in [2.45, 2.75) is 13.5 Å². The lowest BCUT2D eigenvalue weighted by molar-refractivity contribution is 0.316. The third-order valence-electron chi connectivity index (χ3n) is 1.33. The van der Waals surface area contributed by atoms with Gasteiger partial charge in [-0.05, 0) is 6.92 Å². The molecule has 0 unspecified atom stereocenters. The maximum absolute atomic E-state index is 11.0. The SMILES string of the molecule is C/C(Cn1[c]n[nH]c(=O)c1=O)=N\O. The summed E-state index contributed by atoms with van der Waals surface area (Å²) < 4.78 is 0.924. The summed E-state index contributed by atoms with van der Waals surface area (Å²) in [6.45, 7) is 1.49. The van der Waals surface area contributed by atoms with Crippen LogP contribution in [0, 0.1) is 6.33 Å². The fourth-order valence-corrected chi connectivity index (χ4v) is 0.720. The maximum atomic E-state index is 11.0. The molecular formula is C6H7N4O3. The zero-order valence-electron chi connectivity index (χ0n) is 6.81. The number of hydrogen-bond donors (Lipinski definition) is 2. The summed E-state index contributed by atoms with van der Waals surface area (Å²) >= 11 is 0. The highest BCUT2D eigenvalue weighted by atomic mass is 16.4. The molecule has 0 spiro atoms. The molecule has 0 aromatic carbocycles. The van der Waals surface area contributed by atoms with E-state index in [0.717, 1.165) is 4.57 Å². The monoisotopic (exact) mass is 183 g/mol. The van der Waals surface area contributed by atoms with Gasteiger partial charge in [0.05, 0.1) is 12.3 Å². The number of rotatable bonds is 2. The first-order valence-corrected chi connectivity index (χ1v) is 3.40. The number of hydrogen-bond acceptors (Lipinski definition) is 5. The van der Waals surface area contributed by atoms with E-state index in [2.05, 4.69) is 16.6 Å². The predicted octanol–water partition coefficient (Wildman–Crippen LogP) is -1.42. The second-order valence-electron chi connectivity index (χ2n) is 2.38. The molecule has 0 aliphatic rings. The van der Waals surface area contributed by atoms with Crippen molar-refractivity contribution in [3.8, 4) is 0 Å². The quantitative estimate of drug-likeness (QED) is 0.254. The lowest BCUT2D eigenvalue weighted by atomic mass is 10.4. The van der Waals surface area contributed by atoms with E-state index < -0.39 is 11.1 Å². The second kappa shape index (κ2) is 3.65. The molecule has 13 heavy (non-hydrogen) atoms. The molecule has 1 aromatic rings. The largest absolute Gasteiger partial charge is 0.411 e. The summed E-state index contributed by atoms with van der Waals surface area (Å²) in [5.74, 6) is 0. The van der Waals surface area contributed by atoms with Crippen LogP contribution in [0.5, 0.6) is 0 Å². The van der Waals surface area contributed by atoms with E-state index in [4.69, 9.17) is 5.21 Å². The van der Waals surface area contributed by atoms with Gasteiger partial charge in [-0.15, -0.1) is 0 Å². The van der Waals surface area contributed by atoms with Crippen molar-refractivity contribution in [1.82, 2.24) is 14.8 Å². The Labute approximate surface area is 72.3 Å². The Kier molecular flexibility index (Phi) is 2.58. The fourth-order valence-electron chi connectivity index (χ4n) is 0.720. The molecule has 2 N–H and O–H groups in total. The summed E-state index contributed by atoms with van der Waals surface area (Å²) in [5, 5.41) is 16.4. The van der Waals surface area contributed by atoms with Crippen LogP contribution in [0.3, 0.4) is 0 Å². The first-order valence-electron chi connectivity index (χ1n) is 3.40. The fraction of sp³-hybridized carbons (Fsp3) is 0.333. The average Bonchev–Trinajstić information content (AvgIpc) is 2.13. The number of H-pyrrole nitrogens is 1. The Bertz CT molecular complexity index is 430. The average molecular weight is 183 g/mol. The minimum Gasteiger partial charge on any atom is -0.411 e. The topological polar surface area (TPSA) is 100 Å². The number of nitrogens with one attached hydrogen (secondary N) is 1. The van der Waals surface area contributed by atoms with Gasteiger partial charge in [0.25, 0.3) is 0 Å². The number of oxime groups is 1. The standard InChI is InChI=1S/C6H7N4O3/c1-4(9-13)2-10-3-7-8-5(11)6(10)12/h13H,2H2,1H3,(H,8,11)/b9-4+. The second-order valence-corrected chi connectivity index (χ2v) is 2.38. The highest BCUT2D eigenvalue weighted by Crippen LogP contribution is 1.78. The van der Waals surface area contributed by atoms with Crippen molar-refractivity contribution in [2.75, 3.05) is 0 Å². The van der Waals surface area contributed by atoms with Crippen molar-refractivity contribution in [3.63, 3.8) is 0 Å². The summed E-state index contributed by atoms with van der Waals surface area (Å²) in [6, 6.07) is 0. The molecular weight excluding hydrogens is 176 g/mol. The summed E-state index contributed by atoms with van der Waals surface area (Å²) in [4.78, 5) is 21.8. The lowest BCUT2D eigenvalue weighted by Gasteiger charge is -1.99. The molecule has 1 aromatic heterocycles. The van der Waals surface area contributed by atoms with E-state index >= 15 is 0 Å². The van der Waals surface area contributed by atoms with E-state index in [1.165, 1.54) is 6.92 Å². The smallest absolute Gasteiger partial charge is 0.330 e. The van der Waals surface area contributed by atoms with Crippen LogP contribution in [0.25, 0.3) is 0 Å². The van der Waals surface area contributed by atoms with Gasteiger partial charge in [-0.1, -0.05) is 5.16 Å². The van der Waals surface area contributed by atoms with Gasteiger partial charge in [0, 0.05) is 0 Å². The normalized spacial score (nSPS) is 11.6. The minimum absolute atomic E-state index is 0.00769. The van der Waals surface area contributed by atoms with Crippen LogP contribution in [0.2, 0.25) is 0 Å². The molecule has 7 heteroatoms. The number of nitrogens with zero attached hydrogens (tertiary/aromatic N) is 3. The van der Waals surface area contributed by atoms with E-state index in [1.807, 2.05) is 5.10 Å². The highest BCUT2D eigenvalue weighted by molar-refractivity contribution is 5.80. The van der Waals surface area contributed by atoms with Gasteiger partial charge in [-0.3, -0.25) is 14.2 Å². The van der Waals surface area contributed by atoms with Gasteiger partial charge in [-0.25, -0.2) is 5.10 Å². The van der Waals surface area contributed by atoms with Gasteiger partial charge in [0.15, 0.2) is 0 Å². The van der Waals surface area contributed by atoms with E-state index in [9.17, 15) is 9.59 Å². The third kappa shape index (κ3) is 2.01. The molecule has 0 aliphatic carbocycles. The Morgan fingerprint density at radius 1 is 1.77 bits per heavy atom. The molecule has 0 saturated carbocycles. The third-order valence-corrected chi connectivity index (χ3v) is 1.33. The van der Waals surface area contributed by atoms with Crippen LogP contribution < -0.4 is 11.1 Å². The van der Waals surface area contributed by atoms with E-state index in [1.54, 1.807) is 0 Å². The van der Waals surface area contributed by atoms with Crippen molar-refractivity contribution >= 4 is 5.71 Å². The van der Waals surface area contributed by atoms with Crippen molar-refractivity contribution < 1.29 is 5.21 Å². The van der Waals surface area contributed by atoms with Gasteiger partial charge in [0.2, 0.25) is 6.33 Å².